The predicted octanol–water partition coefficient (Wildman–Crippen LogP) is 4.06. The number of hydrogen-bond donors (Lipinski definition) is 1. The molecule has 0 unspecified atom stereocenters. The van der Waals surface area contributed by atoms with Crippen LogP contribution in [0, 0.1) is 5.92 Å². The molecule has 0 saturated carbocycles. The van der Waals surface area contributed by atoms with Crippen LogP contribution in [0.4, 0.5) is 5.69 Å². The van der Waals surface area contributed by atoms with Crippen molar-refractivity contribution >= 4 is 23.5 Å². The number of rotatable bonds is 7. The van der Waals surface area contributed by atoms with Crippen molar-refractivity contribution in [3.63, 3.8) is 0 Å². The zero-order valence-corrected chi connectivity index (χ0v) is 18.8. The summed E-state index contributed by atoms with van der Waals surface area (Å²) in [7, 11) is 1.54. The van der Waals surface area contributed by atoms with Gasteiger partial charge in [-0.05, 0) is 37.1 Å². The fourth-order valence-corrected chi connectivity index (χ4v) is 3.90. The van der Waals surface area contributed by atoms with Gasteiger partial charge in [-0.25, -0.2) is 0 Å². The number of piperidine rings is 1. The van der Waals surface area contributed by atoms with Crippen molar-refractivity contribution in [1.29, 1.82) is 0 Å². The van der Waals surface area contributed by atoms with E-state index in [0.717, 1.165) is 0 Å². The van der Waals surface area contributed by atoms with Crippen LogP contribution in [0.1, 0.15) is 35.1 Å². The fraction of sp³-hybridized carbons (Fsp3) is 0.269. The molecule has 4 rings (SSSR count). The summed E-state index contributed by atoms with van der Waals surface area (Å²) in [6.45, 7) is 0.816. The van der Waals surface area contributed by atoms with Crippen LogP contribution < -0.4 is 10.1 Å². The maximum absolute atomic E-state index is 13.1. The van der Waals surface area contributed by atoms with Crippen LogP contribution in [-0.2, 0) is 14.3 Å². The van der Waals surface area contributed by atoms with Gasteiger partial charge in [0.15, 0.2) is 5.76 Å². The Bertz CT molecular complexity index is 1120. The molecule has 3 aromatic rings. The van der Waals surface area contributed by atoms with Gasteiger partial charge in [-0.15, -0.1) is 0 Å². The molecule has 1 aliphatic heterocycles. The van der Waals surface area contributed by atoms with Gasteiger partial charge in [-0.3, -0.25) is 14.4 Å². The maximum atomic E-state index is 13.1. The molecule has 0 radical (unpaired) electrons. The number of carbonyl (C=O) groups excluding carboxylic acids is 3. The Hall–Kier alpha value is -4.07. The van der Waals surface area contributed by atoms with E-state index in [1.165, 1.54) is 6.26 Å². The number of ether oxygens (including phenoxy) is 2. The summed E-state index contributed by atoms with van der Waals surface area (Å²) in [6, 6.07) is 19.1. The standard InChI is InChI=1S/C26H26N2O6/c1-32-21-10-5-9-20(17-21)27-24(29)23(18-7-3-2-4-8-18)34-26(31)19-12-14-28(15-13-19)25(30)22-11-6-16-33-22/h2-11,16-17,19,23H,12-15H2,1H3,(H,27,29)/t23-/m1/s1. The number of amides is 2. The Morgan fingerprint density at radius 2 is 1.76 bits per heavy atom. The number of methoxy groups -OCH3 is 1. The third-order valence-corrected chi connectivity index (χ3v) is 5.76. The number of hydrogen-bond acceptors (Lipinski definition) is 6. The maximum Gasteiger partial charge on any atom is 0.310 e. The van der Waals surface area contributed by atoms with Crippen LogP contribution in [0.15, 0.2) is 77.4 Å². The van der Waals surface area contributed by atoms with Gasteiger partial charge in [0, 0.05) is 30.4 Å². The Morgan fingerprint density at radius 1 is 1.00 bits per heavy atom. The molecular formula is C26H26N2O6. The highest BCUT2D eigenvalue weighted by Gasteiger charge is 2.33. The highest BCUT2D eigenvalue weighted by molar-refractivity contribution is 5.96. The number of nitrogens with one attached hydrogen (secondary N) is 1. The van der Waals surface area contributed by atoms with Crippen molar-refractivity contribution in [2.24, 2.45) is 5.92 Å². The van der Waals surface area contributed by atoms with E-state index in [9.17, 15) is 14.4 Å². The Kier molecular flexibility index (Phi) is 7.27. The molecular weight excluding hydrogens is 436 g/mol. The zero-order chi connectivity index (χ0) is 23.9. The molecule has 176 valence electrons. The van der Waals surface area contributed by atoms with Gasteiger partial charge in [-0.2, -0.15) is 0 Å². The number of likely N-dealkylation sites (tertiary alicyclic amines) is 1. The lowest BCUT2D eigenvalue weighted by Gasteiger charge is -2.31. The molecule has 8 heteroatoms. The minimum absolute atomic E-state index is 0.198. The highest BCUT2D eigenvalue weighted by Crippen LogP contribution is 2.26. The first-order valence-electron chi connectivity index (χ1n) is 11.1. The largest absolute Gasteiger partial charge is 0.497 e. The fourth-order valence-electron chi connectivity index (χ4n) is 3.90. The van der Waals surface area contributed by atoms with E-state index in [0.29, 0.717) is 42.9 Å². The summed E-state index contributed by atoms with van der Waals surface area (Å²) in [4.78, 5) is 40.2. The molecule has 2 heterocycles. The Balaban J connectivity index is 1.42. The summed E-state index contributed by atoms with van der Waals surface area (Å²) < 4.78 is 16.1. The average molecular weight is 463 g/mol. The number of nitrogens with zero attached hydrogens (tertiary/aromatic N) is 1. The molecule has 2 aromatic carbocycles. The smallest absolute Gasteiger partial charge is 0.310 e. The van der Waals surface area contributed by atoms with Crippen LogP contribution in [0.3, 0.4) is 0 Å². The third kappa shape index (κ3) is 5.46. The first kappa shape index (κ1) is 23.1. The van der Waals surface area contributed by atoms with Crippen LogP contribution >= 0.6 is 0 Å². The molecule has 0 bridgehead atoms. The summed E-state index contributed by atoms with van der Waals surface area (Å²) in [5, 5.41) is 2.80. The number of anilines is 1. The predicted molar refractivity (Wildman–Crippen MR) is 124 cm³/mol. The second kappa shape index (κ2) is 10.7. The van der Waals surface area contributed by atoms with E-state index in [1.807, 2.05) is 6.07 Å². The van der Waals surface area contributed by atoms with Crippen molar-refractivity contribution in [1.82, 2.24) is 4.90 Å². The van der Waals surface area contributed by atoms with E-state index >= 15 is 0 Å². The van der Waals surface area contributed by atoms with E-state index < -0.39 is 23.9 Å². The minimum Gasteiger partial charge on any atom is -0.497 e. The second-order valence-electron chi connectivity index (χ2n) is 7.99. The van der Waals surface area contributed by atoms with Gasteiger partial charge in [-0.1, -0.05) is 36.4 Å². The lowest BCUT2D eigenvalue weighted by molar-refractivity contribution is -0.160. The van der Waals surface area contributed by atoms with Crippen LogP contribution in [0.2, 0.25) is 0 Å². The van der Waals surface area contributed by atoms with E-state index in [1.54, 1.807) is 72.7 Å². The van der Waals surface area contributed by atoms with Gasteiger partial charge >= 0.3 is 5.97 Å². The number of esters is 1. The molecule has 34 heavy (non-hydrogen) atoms. The van der Waals surface area contributed by atoms with E-state index in [4.69, 9.17) is 13.9 Å². The van der Waals surface area contributed by atoms with Crippen LogP contribution in [0.25, 0.3) is 0 Å². The quantitative estimate of drug-likeness (QED) is 0.532. The van der Waals surface area contributed by atoms with Gasteiger partial charge in [0.2, 0.25) is 6.10 Å². The van der Waals surface area contributed by atoms with Gasteiger partial charge in [0.1, 0.15) is 5.75 Å². The molecule has 0 aliphatic carbocycles. The van der Waals surface area contributed by atoms with Gasteiger partial charge < -0.3 is 24.1 Å². The van der Waals surface area contributed by atoms with Crippen molar-refractivity contribution in [2.75, 3.05) is 25.5 Å². The van der Waals surface area contributed by atoms with E-state index in [2.05, 4.69) is 5.32 Å². The third-order valence-electron chi connectivity index (χ3n) is 5.76. The molecule has 1 aliphatic rings. The zero-order valence-electron chi connectivity index (χ0n) is 18.8. The summed E-state index contributed by atoms with van der Waals surface area (Å²) in [6.07, 6.45) is 1.24. The molecule has 1 atom stereocenters. The molecule has 0 spiro atoms. The van der Waals surface area contributed by atoms with Crippen molar-refractivity contribution in [3.8, 4) is 5.75 Å². The lowest BCUT2D eigenvalue weighted by atomic mass is 9.96. The van der Waals surface area contributed by atoms with E-state index in [-0.39, 0.29) is 11.7 Å². The van der Waals surface area contributed by atoms with Crippen LogP contribution in [0.5, 0.6) is 5.75 Å². The van der Waals surface area contributed by atoms with Crippen molar-refractivity contribution in [2.45, 2.75) is 18.9 Å². The minimum atomic E-state index is -1.11. The number of carbonyl (C=O) groups is 3. The lowest BCUT2D eigenvalue weighted by Crippen LogP contribution is -2.41. The van der Waals surface area contributed by atoms with Gasteiger partial charge in [0.25, 0.3) is 11.8 Å². The molecule has 1 saturated heterocycles. The number of benzene rings is 2. The van der Waals surface area contributed by atoms with Crippen LogP contribution in [-0.4, -0.2) is 42.9 Å². The Labute approximate surface area is 197 Å². The monoisotopic (exact) mass is 462 g/mol. The van der Waals surface area contributed by atoms with Crippen molar-refractivity contribution in [3.05, 3.63) is 84.3 Å². The topological polar surface area (TPSA) is 98.1 Å². The highest BCUT2D eigenvalue weighted by atomic mass is 16.5. The Morgan fingerprint density at radius 3 is 2.44 bits per heavy atom. The molecule has 1 aromatic heterocycles. The SMILES string of the molecule is COc1cccc(NC(=O)[C@H](OC(=O)C2CCN(C(=O)c3ccco3)CC2)c2ccccc2)c1. The van der Waals surface area contributed by atoms with Gasteiger partial charge in [0.05, 0.1) is 19.3 Å². The normalized spacial score (nSPS) is 14.8. The molecule has 1 fully saturated rings. The molecule has 1 N–H and O–H groups in total. The summed E-state index contributed by atoms with van der Waals surface area (Å²) in [5.74, 6) is -0.646. The number of furan rings is 1. The summed E-state index contributed by atoms with van der Waals surface area (Å²) in [5.41, 5.74) is 1.10. The first-order chi connectivity index (χ1) is 16.5. The molecule has 2 amide bonds. The second-order valence-corrected chi connectivity index (χ2v) is 7.99. The average Bonchev–Trinajstić information content (AvgIpc) is 3.42. The summed E-state index contributed by atoms with van der Waals surface area (Å²) >= 11 is 0. The first-order valence-corrected chi connectivity index (χ1v) is 11.1. The van der Waals surface area contributed by atoms with Crippen molar-refractivity contribution < 1.29 is 28.3 Å². The molecule has 8 nitrogen and oxygen atoms in total.